The van der Waals surface area contributed by atoms with Gasteiger partial charge in [-0.2, -0.15) is 0 Å². The van der Waals surface area contributed by atoms with Crippen molar-refractivity contribution >= 4 is 27.3 Å². The zero-order chi connectivity index (χ0) is 13.1. The van der Waals surface area contributed by atoms with Crippen LogP contribution in [0.1, 0.15) is 41.5 Å². The lowest BCUT2D eigenvalue weighted by atomic mass is 9.97. The fourth-order valence-electron chi connectivity index (χ4n) is 2.13. The monoisotopic (exact) mass is 324 g/mol. The molecule has 0 spiro atoms. The minimum Gasteiger partial charge on any atom is -0.383 e. The van der Waals surface area contributed by atoms with E-state index < -0.39 is 6.10 Å². The number of benzene rings is 1. The number of hydrogen-bond donors (Lipinski definition) is 1. The Morgan fingerprint density at radius 3 is 2.39 bits per heavy atom. The van der Waals surface area contributed by atoms with Gasteiger partial charge in [-0.25, -0.2) is 0 Å². The molecule has 0 aliphatic rings. The first-order chi connectivity index (χ1) is 8.65. The Labute approximate surface area is 121 Å². The van der Waals surface area contributed by atoms with Crippen molar-refractivity contribution in [3.05, 3.63) is 55.7 Å². The van der Waals surface area contributed by atoms with E-state index in [0.717, 1.165) is 27.1 Å². The summed E-state index contributed by atoms with van der Waals surface area (Å²) < 4.78 is 1.05. The van der Waals surface area contributed by atoms with Crippen LogP contribution >= 0.6 is 27.3 Å². The summed E-state index contributed by atoms with van der Waals surface area (Å²) in [7, 11) is 0. The van der Waals surface area contributed by atoms with Crippen LogP contribution in [0.5, 0.6) is 0 Å². The van der Waals surface area contributed by atoms with E-state index in [1.165, 1.54) is 11.1 Å². The molecule has 1 unspecified atom stereocenters. The fourth-order valence-corrected chi connectivity index (χ4v) is 3.57. The van der Waals surface area contributed by atoms with Gasteiger partial charge in [0.1, 0.15) is 6.10 Å². The normalized spacial score (nSPS) is 12.7. The summed E-state index contributed by atoms with van der Waals surface area (Å²) in [5.74, 6) is 0. The molecule has 18 heavy (non-hydrogen) atoms. The maximum absolute atomic E-state index is 10.4. The third kappa shape index (κ3) is 2.85. The van der Waals surface area contributed by atoms with Gasteiger partial charge in [0.25, 0.3) is 0 Å². The third-order valence-corrected chi connectivity index (χ3v) is 4.85. The molecule has 0 amide bonds. The third-order valence-electron chi connectivity index (χ3n) is 3.17. The molecule has 0 saturated heterocycles. The first-order valence-electron chi connectivity index (χ1n) is 6.20. The van der Waals surface area contributed by atoms with Gasteiger partial charge < -0.3 is 5.11 Å². The highest BCUT2D eigenvalue weighted by Gasteiger charge is 2.13. The average molecular weight is 325 g/mol. The standard InChI is InChI=1S/C15H17BrOS/c1-3-10-5-6-12(9-11(10)4-2)15(17)13-7-8-14(16)18-13/h5-9,15,17H,3-4H2,1-2H3. The second-order valence-corrected chi connectivity index (χ2v) is 6.77. The summed E-state index contributed by atoms with van der Waals surface area (Å²) in [5.41, 5.74) is 3.70. The molecule has 1 nitrogen and oxygen atoms in total. The van der Waals surface area contributed by atoms with E-state index in [4.69, 9.17) is 0 Å². The van der Waals surface area contributed by atoms with Gasteiger partial charge in [-0.3, -0.25) is 0 Å². The summed E-state index contributed by atoms with van der Waals surface area (Å²) in [6.07, 6.45) is 1.54. The molecule has 1 N–H and O–H groups in total. The van der Waals surface area contributed by atoms with Gasteiger partial charge in [-0.05, 0) is 57.6 Å². The van der Waals surface area contributed by atoms with Crippen molar-refractivity contribution in [1.82, 2.24) is 0 Å². The van der Waals surface area contributed by atoms with E-state index in [1.807, 2.05) is 18.2 Å². The van der Waals surface area contributed by atoms with Crippen LogP contribution in [-0.4, -0.2) is 5.11 Å². The number of halogens is 1. The summed E-state index contributed by atoms with van der Waals surface area (Å²) in [6.45, 7) is 4.33. The minimum atomic E-state index is -0.516. The predicted octanol–water partition coefficient (Wildman–Crippen LogP) is 4.72. The van der Waals surface area contributed by atoms with Gasteiger partial charge in [0.2, 0.25) is 0 Å². The number of aryl methyl sites for hydroxylation is 2. The second kappa shape index (κ2) is 6.00. The molecule has 96 valence electrons. The topological polar surface area (TPSA) is 20.2 Å². The van der Waals surface area contributed by atoms with E-state index in [2.05, 4.69) is 41.9 Å². The number of rotatable bonds is 4. The van der Waals surface area contributed by atoms with Crippen LogP contribution in [0.4, 0.5) is 0 Å². The molecule has 0 aliphatic carbocycles. The molecule has 1 aromatic heterocycles. The van der Waals surface area contributed by atoms with Crippen LogP contribution in [0.15, 0.2) is 34.1 Å². The zero-order valence-corrected chi connectivity index (χ0v) is 13.0. The van der Waals surface area contributed by atoms with Gasteiger partial charge in [-0.1, -0.05) is 32.0 Å². The van der Waals surface area contributed by atoms with Crippen LogP contribution in [0.3, 0.4) is 0 Å². The van der Waals surface area contributed by atoms with Gasteiger partial charge in [0, 0.05) is 4.88 Å². The van der Waals surface area contributed by atoms with Crippen molar-refractivity contribution in [2.24, 2.45) is 0 Å². The van der Waals surface area contributed by atoms with Crippen molar-refractivity contribution in [2.45, 2.75) is 32.8 Å². The Morgan fingerprint density at radius 1 is 1.11 bits per heavy atom. The quantitative estimate of drug-likeness (QED) is 0.862. The van der Waals surface area contributed by atoms with Crippen molar-refractivity contribution in [1.29, 1.82) is 0 Å². The van der Waals surface area contributed by atoms with Crippen molar-refractivity contribution < 1.29 is 5.11 Å². The summed E-state index contributed by atoms with van der Waals surface area (Å²) in [6, 6.07) is 10.3. The van der Waals surface area contributed by atoms with E-state index in [0.29, 0.717) is 0 Å². The molecule has 0 radical (unpaired) electrons. The molecule has 0 fully saturated rings. The zero-order valence-electron chi connectivity index (χ0n) is 10.6. The van der Waals surface area contributed by atoms with Crippen LogP contribution in [0.2, 0.25) is 0 Å². The van der Waals surface area contributed by atoms with Gasteiger partial charge in [-0.15, -0.1) is 11.3 Å². The van der Waals surface area contributed by atoms with Gasteiger partial charge in [0.05, 0.1) is 3.79 Å². The summed E-state index contributed by atoms with van der Waals surface area (Å²) >= 11 is 5.01. The van der Waals surface area contributed by atoms with E-state index in [-0.39, 0.29) is 0 Å². The molecular formula is C15H17BrOS. The minimum absolute atomic E-state index is 0.516. The lowest BCUT2D eigenvalue weighted by molar-refractivity contribution is 0.224. The van der Waals surface area contributed by atoms with Crippen LogP contribution in [0, 0.1) is 0 Å². The highest BCUT2D eigenvalue weighted by atomic mass is 79.9. The Morgan fingerprint density at radius 2 is 1.83 bits per heavy atom. The van der Waals surface area contributed by atoms with E-state index in [9.17, 15) is 5.11 Å². The van der Waals surface area contributed by atoms with Crippen LogP contribution < -0.4 is 0 Å². The highest BCUT2D eigenvalue weighted by molar-refractivity contribution is 9.11. The SMILES string of the molecule is CCc1ccc(C(O)c2ccc(Br)s2)cc1CC. The number of hydrogen-bond acceptors (Lipinski definition) is 2. The van der Waals surface area contributed by atoms with Crippen molar-refractivity contribution in [3.8, 4) is 0 Å². The molecule has 0 bridgehead atoms. The average Bonchev–Trinajstić information content (AvgIpc) is 2.83. The molecule has 1 aromatic carbocycles. The van der Waals surface area contributed by atoms with Gasteiger partial charge >= 0.3 is 0 Å². The maximum atomic E-state index is 10.4. The summed E-state index contributed by atoms with van der Waals surface area (Å²) in [4.78, 5) is 0.980. The first-order valence-corrected chi connectivity index (χ1v) is 7.81. The van der Waals surface area contributed by atoms with Crippen molar-refractivity contribution in [2.75, 3.05) is 0 Å². The lowest BCUT2D eigenvalue weighted by Crippen LogP contribution is -2.00. The Kier molecular flexibility index (Phi) is 4.60. The number of thiophene rings is 1. The number of aliphatic hydroxyl groups is 1. The smallest absolute Gasteiger partial charge is 0.113 e. The largest absolute Gasteiger partial charge is 0.383 e. The predicted molar refractivity (Wildman–Crippen MR) is 81.3 cm³/mol. The molecule has 2 aromatic rings. The van der Waals surface area contributed by atoms with Crippen LogP contribution in [0.25, 0.3) is 0 Å². The molecular weight excluding hydrogens is 308 g/mol. The second-order valence-electron chi connectivity index (χ2n) is 4.28. The fraction of sp³-hybridized carbons (Fsp3) is 0.333. The summed E-state index contributed by atoms with van der Waals surface area (Å²) in [5, 5.41) is 10.4. The van der Waals surface area contributed by atoms with E-state index in [1.54, 1.807) is 11.3 Å². The Bertz CT molecular complexity index is 533. The molecule has 3 heteroatoms. The Balaban J connectivity index is 2.33. The first kappa shape index (κ1) is 13.8. The molecule has 2 rings (SSSR count). The highest BCUT2D eigenvalue weighted by Crippen LogP contribution is 2.32. The number of aliphatic hydroxyl groups excluding tert-OH is 1. The van der Waals surface area contributed by atoms with E-state index >= 15 is 0 Å². The molecule has 1 heterocycles. The molecule has 1 atom stereocenters. The molecule has 0 aliphatic heterocycles. The van der Waals surface area contributed by atoms with Crippen molar-refractivity contribution in [3.63, 3.8) is 0 Å². The maximum Gasteiger partial charge on any atom is 0.113 e. The molecule has 0 saturated carbocycles. The van der Waals surface area contributed by atoms with Gasteiger partial charge in [0.15, 0.2) is 0 Å². The Hall–Kier alpha value is -0.640. The lowest BCUT2D eigenvalue weighted by Gasteiger charge is -2.13. The van der Waals surface area contributed by atoms with Crippen LogP contribution in [-0.2, 0) is 12.8 Å².